The molecule has 6 heteroatoms. The van der Waals surface area contributed by atoms with Crippen molar-refractivity contribution >= 4 is 39.2 Å². The number of aromatic nitrogens is 2. The van der Waals surface area contributed by atoms with Crippen LogP contribution in [0.25, 0.3) is 0 Å². The Morgan fingerprint density at radius 3 is 2.95 bits per heavy atom. The lowest BCUT2D eigenvalue weighted by Crippen LogP contribution is -2.26. The number of thioether (sulfide) groups is 1. The molecule has 0 atom stereocenters. The average molecular weight is 351 g/mol. The molecule has 3 rings (SSSR count). The summed E-state index contributed by atoms with van der Waals surface area (Å²) >= 11 is 5.13. The third kappa shape index (κ3) is 2.82. The summed E-state index contributed by atoms with van der Waals surface area (Å²) in [4.78, 5) is 9.23. The average Bonchev–Trinajstić information content (AvgIpc) is 2.49. The van der Waals surface area contributed by atoms with E-state index in [1.54, 1.807) is 11.8 Å². The van der Waals surface area contributed by atoms with Gasteiger partial charge in [-0.3, -0.25) is 0 Å². The number of nitrogens with zero attached hydrogens (tertiary/aromatic N) is 2. The Balaban J connectivity index is 2.02. The smallest absolute Gasteiger partial charge is 0.189 e. The molecule has 1 aliphatic heterocycles. The van der Waals surface area contributed by atoms with Crippen LogP contribution in [-0.4, -0.2) is 22.8 Å². The molecule has 1 aromatic heterocycles. The molecule has 2 heterocycles. The zero-order chi connectivity index (χ0) is 13.9. The number of anilines is 2. The van der Waals surface area contributed by atoms with E-state index in [9.17, 15) is 0 Å². The highest BCUT2D eigenvalue weighted by Crippen LogP contribution is 2.29. The Bertz CT molecular complexity index is 633. The fraction of sp³-hybridized carbons (Fsp3) is 0.286. The van der Waals surface area contributed by atoms with Gasteiger partial charge < -0.3 is 10.6 Å². The standard InChI is InChI=1S/C14H15BrN4S/c1-20-14-18-12-8-16-7-6-9(12)13(19-14)17-11-5-3-2-4-10(11)15/h2-5,16H,6-8H2,1H3,(H,17,18,19). The van der Waals surface area contributed by atoms with Gasteiger partial charge in [0.05, 0.1) is 11.4 Å². The van der Waals surface area contributed by atoms with Gasteiger partial charge in [-0.15, -0.1) is 0 Å². The number of hydrogen-bond donors (Lipinski definition) is 2. The first-order valence-electron chi connectivity index (χ1n) is 6.44. The second-order valence-corrected chi connectivity index (χ2v) is 6.14. The highest BCUT2D eigenvalue weighted by atomic mass is 79.9. The largest absolute Gasteiger partial charge is 0.339 e. The summed E-state index contributed by atoms with van der Waals surface area (Å²) in [7, 11) is 0. The molecular formula is C14H15BrN4S. The number of hydrogen-bond acceptors (Lipinski definition) is 5. The summed E-state index contributed by atoms with van der Waals surface area (Å²) in [5.74, 6) is 0.924. The Hall–Kier alpha value is -1.11. The van der Waals surface area contributed by atoms with Crippen molar-refractivity contribution in [3.63, 3.8) is 0 Å². The van der Waals surface area contributed by atoms with Crippen LogP contribution < -0.4 is 10.6 Å². The molecule has 4 nitrogen and oxygen atoms in total. The molecule has 2 aromatic rings. The maximum Gasteiger partial charge on any atom is 0.189 e. The summed E-state index contributed by atoms with van der Waals surface area (Å²) in [5, 5.41) is 7.60. The van der Waals surface area contributed by atoms with Crippen LogP contribution in [-0.2, 0) is 13.0 Å². The molecule has 1 aromatic carbocycles. The van der Waals surface area contributed by atoms with E-state index in [-0.39, 0.29) is 0 Å². The molecule has 0 bridgehead atoms. The summed E-state index contributed by atoms with van der Waals surface area (Å²) in [6.07, 6.45) is 2.96. The Morgan fingerprint density at radius 1 is 1.30 bits per heavy atom. The van der Waals surface area contributed by atoms with E-state index < -0.39 is 0 Å². The lowest BCUT2D eigenvalue weighted by atomic mass is 10.1. The first-order chi connectivity index (χ1) is 9.78. The molecule has 0 fully saturated rings. The van der Waals surface area contributed by atoms with Crippen LogP contribution in [0.2, 0.25) is 0 Å². The monoisotopic (exact) mass is 350 g/mol. The molecule has 0 aliphatic carbocycles. The lowest BCUT2D eigenvalue weighted by molar-refractivity contribution is 0.615. The Labute approximate surface area is 130 Å². The van der Waals surface area contributed by atoms with Crippen LogP contribution in [0.15, 0.2) is 33.9 Å². The summed E-state index contributed by atoms with van der Waals surface area (Å²) in [6, 6.07) is 8.07. The number of halogens is 1. The van der Waals surface area contributed by atoms with Gasteiger partial charge >= 0.3 is 0 Å². The van der Waals surface area contributed by atoms with Gasteiger partial charge in [0.2, 0.25) is 0 Å². The first kappa shape index (κ1) is 13.9. The molecule has 104 valence electrons. The molecule has 1 aliphatic rings. The molecule has 2 N–H and O–H groups in total. The molecule has 0 spiro atoms. The summed E-state index contributed by atoms with van der Waals surface area (Å²) in [5.41, 5.74) is 3.35. The van der Waals surface area contributed by atoms with E-state index in [1.165, 1.54) is 5.56 Å². The van der Waals surface area contributed by atoms with E-state index in [2.05, 4.69) is 36.5 Å². The van der Waals surface area contributed by atoms with E-state index in [0.29, 0.717) is 0 Å². The highest BCUT2D eigenvalue weighted by Gasteiger charge is 2.17. The molecule has 0 radical (unpaired) electrons. The normalized spacial score (nSPS) is 13.9. The number of para-hydroxylation sites is 1. The quantitative estimate of drug-likeness (QED) is 0.656. The zero-order valence-electron chi connectivity index (χ0n) is 11.1. The van der Waals surface area contributed by atoms with E-state index in [4.69, 9.17) is 0 Å². The lowest BCUT2D eigenvalue weighted by Gasteiger charge is -2.20. The van der Waals surface area contributed by atoms with Crippen molar-refractivity contribution < 1.29 is 0 Å². The van der Waals surface area contributed by atoms with E-state index in [1.807, 2.05) is 30.5 Å². The van der Waals surface area contributed by atoms with Gasteiger partial charge in [-0.2, -0.15) is 0 Å². The van der Waals surface area contributed by atoms with E-state index in [0.717, 1.165) is 46.3 Å². The number of nitrogens with one attached hydrogen (secondary N) is 2. The zero-order valence-corrected chi connectivity index (χ0v) is 13.5. The fourth-order valence-electron chi connectivity index (χ4n) is 2.22. The third-order valence-corrected chi connectivity index (χ3v) is 4.47. The maximum absolute atomic E-state index is 4.63. The van der Waals surface area contributed by atoms with Gasteiger partial charge in [-0.1, -0.05) is 23.9 Å². The van der Waals surface area contributed by atoms with Gasteiger partial charge in [-0.25, -0.2) is 9.97 Å². The highest BCUT2D eigenvalue weighted by molar-refractivity contribution is 9.10. The molecule has 0 amide bonds. The number of benzene rings is 1. The van der Waals surface area contributed by atoms with Gasteiger partial charge in [-0.05, 0) is 47.3 Å². The van der Waals surface area contributed by atoms with Crippen LogP contribution in [0.1, 0.15) is 11.3 Å². The topological polar surface area (TPSA) is 49.8 Å². The van der Waals surface area contributed by atoms with Crippen molar-refractivity contribution in [1.29, 1.82) is 0 Å². The minimum atomic E-state index is 0.807. The van der Waals surface area contributed by atoms with Crippen molar-refractivity contribution in [2.24, 2.45) is 0 Å². The van der Waals surface area contributed by atoms with Crippen LogP contribution in [0.3, 0.4) is 0 Å². The minimum absolute atomic E-state index is 0.807. The van der Waals surface area contributed by atoms with Crippen molar-refractivity contribution in [3.8, 4) is 0 Å². The van der Waals surface area contributed by atoms with Crippen molar-refractivity contribution in [1.82, 2.24) is 15.3 Å². The van der Waals surface area contributed by atoms with Crippen LogP contribution in [0.4, 0.5) is 11.5 Å². The minimum Gasteiger partial charge on any atom is -0.339 e. The Morgan fingerprint density at radius 2 is 2.15 bits per heavy atom. The van der Waals surface area contributed by atoms with Gasteiger partial charge in [0.1, 0.15) is 5.82 Å². The first-order valence-corrected chi connectivity index (χ1v) is 8.46. The fourth-order valence-corrected chi connectivity index (χ4v) is 2.99. The maximum atomic E-state index is 4.63. The van der Waals surface area contributed by atoms with Crippen LogP contribution in [0.5, 0.6) is 0 Å². The van der Waals surface area contributed by atoms with Crippen molar-refractivity contribution in [2.75, 3.05) is 18.1 Å². The van der Waals surface area contributed by atoms with Gasteiger partial charge in [0.25, 0.3) is 0 Å². The van der Waals surface area contributed by atoms with Crippen LogP contribution >= 0.6 is 27.7 Å². The number of rotatable bonds is 3. The predicted octanol–water partition coefficient (Wildman–Crippen LogP) is 3.35. The van der Waals surface area contributed by atoms with Crippen molar-refractivity contribution in [3.05, 3.63) is 40.0 Å². The molecule has 0 saturated carbocycles. The van der Waals surface area contributed by atoms with E-state index >= 15 is 0 Å². The second-order valence-electron chi connectivity index (χ2n) is 4.52. The summed E-state index contributed by atoms with van der Waals surface area (Å²) < 4.78 is 1.03. The Kier molecular flexibility index (Phi) is 4.24. The predicted molar refractivity (Wildman–Crippen MR) is 86.6 cm³/mol. The molecule has 0 saturated heterocycles. The molecular weight excluding hydrogens is 336 g/mol. The van der Waals surface area contributed by atoms with Crippen molar-refractivity contribution in [2.45, 2.75) is 18.1 Å². The van der Waals surface area contributed by atoms with Gasteiger partial charge in [0, 0.05) is 16.6 Å². The van der Waals surface area contributed by atoms with Crippen LogP contribution in [0, 0.1) is 0 Å². The molecule has 0 unspecified atom stereocenters. The summed E-state index contributed by atoms with van der Waals surface area (Å²) in [6.45, 7) is 1.79. The second kappa shape index (κ2) is 6.11. The molecule has 20 heavy (non-hydrogen) atoms. The van der Waals surface area contributed by atoms with Gasteiger partial charge in [0.15, 0.2) is 5.16 Å². The third-order valence-electron chi connectivity index (χ3n) is 3.23. The number of fused-ring (bicyclic) bond motifs is 1. The SMILES string of the molecule is CSc1nc2c(c(Nc3ccccc3Br)n1)CCNC2.